The number of benzene rings is 6. The zero-order valence-corrected chi connectivity index (χ0v) is 47.7. The van der Waals surface area contributed by atoms with Crippen molar-refractivity contribution in [3.8, 4) is 0 Å². The summed E-state index contributed by atoms with van der Waals surface area (Å²) in [5, 5.41) is 1.88. The highest BCUT2D eigenvalue weighted by molar-refractivity contribution is 6.99. The van der Waals surface area contributed by atoms with Crippen LogP contribution in [0.1, 0.15) is 73.5 Å². The fraction of sp³-hybridized carbons (Fsp3) is 0.431. The van der Waals surface area contributed by atoms with Crippen LogP contribution in [0.5, 0.6) is 0 Å². The molecule has 0 bridgehead atoms. The molecule has 15 heteroatoms. The molecule has 1 aliphatic carbocycles. The van der Waals surface area contributed by atoms with E-state index in [2.05, 4.69) is 69.3 Å². The van der Waals surface area contributed by atoms with Gasteiger partial charge in [-0.2, -0.15) is 0 Å². The molecule has 3 saturated heterocycles. The lowest BCUT2D eigenvalue weighted by Crippen LogP contribution is -2.76. The van der Waals surface area contributed by atoms with Gasteiger partial charge in [0.25, 0.3) is 8.32 Å². The number of carbonyl (C=O) groups excluding carboxylic acids is 1. The van der Waals surface area contributed by atoms with Gasteiger partial charge >= 0.3 is 5.97 Å². The van der Waals surface area contributed by atoms with Crippen molar-refractivity contribution in [3.05, 3.63) is 204 Å². The molecular weight excluding hydrogens is 1030 g/mol. The van der Waals surface area contributed by atoms with Gasteiger partial charge in [0, 0.05) is 34.2 Å². The van der Waals surface area contributed by atoms with Gasteiger partial charge in [-0.1, -0.05) is 191 Å². The lowest BCUT2D eigenvalue weighted by atomic mass is 9.83. The van der Waals surface area contributed by atoms with E-state index in [0.29, 0.717) is 18.4 Å². The molecule has 6 aromatic carbocycles. The molecule has 0 aromatic heterocycles. The van der Waals surface area contributed by atoms with Crippen molar-refractivity contribution in [2.75, 3.05) is 34.5 Å². The van der Waals surface area contributed by atoms with Crippen LogP contribution in [0.4, 0.5) is 0 Å². The maximum absolute atomic E-state index is 14.6. The number of ether oxygens (including phenoxy) is 12. The van der Waals surface area contributed by atoms with Crippen LogP contribution in [0, 0.1) is 0 Å². The summed E-state index contributed by atoms with van der Waals surface area (Å²) in [5.74, 6) is -3.27. The van der Waals surface area contributed by atoms with Crippen molar-refractivity contribution in [2.45, 2.75) is 144 Å². The second kappa shape index (κ2) is 26.2. The highest BCUT2D eigenvalue weighted by Gasteiger charge is 2.68. The summed E-state index contributed by atoms with van der Waals surface area (Å²) < 4.78 is 90.6. The monoisotopic (exact) mass is 1110 g/mol. The molecule has 0 spiro atoms. The molecule has 12 atom stereocenters. The van der Waals surface area contributed by atoms with E-state index in [9.17, 15) is 4.79 Å². The van der Waals surface area contributed by atoms with Crippen molar-refractivity contribution in [1.29, 1.82) is 0 Å². The Hall–Kier alpha value is -5.47. The third-order valence-electron chi connectivity index (χ3n) is 16.0. The van der Waals surface area contributed by atoms with Gasteiger partial charge in [0.15, 0.2) is 18.7 Å². The summed E-state index contributed by atoms with van der Waals surface area (Å²) in [6.07, 6.45) is -7.65. The molecule has 3 heterocycles. The minimum atomic E-state index is -3.13. The second-order valence-corrected chi connectivity index (χ2v) is 26.2. The van der Waals surface area contributed by atoms with Crippen molar-refractivity contribution in [1.82, 2.24) is 0 Å². The number of fused-ring (bicyclic) bond motifs is 2. The number of rotatable bonds is 22. The zero-order valence-electron chi connectivity index (χ0n) is 46.7. The molecule has 424 valence electrons. The molecule has 1 saturated carbocycles. The minimum absolute atomic E-state index is 0.0182. The summed E-state index contributed by atoms with van der Waals surface area (Å²) in [6.45, 7) is 7.36. The first-order valence-corrected chi connectivity index (χ1v) is 29.8. The standard InChI is InChI=1S/C65H76O14Si/c1-63(2,3)80(50-35-21-11-22-36-50,51-37-23-12-24-38-51)73-45-53-55-57(79-65(69-6)40-26-25-39-64(65,68-5)78-55)59(61(67-4)74-53)77-62-58(72-43-48-31-17-9-18-32-48)56(76-60(66)49-33-19-10-20-34-49)54(71-42-47-29-15-8-16-30-47)52(75-62)44-70-41-46-27-13-7-14-28-46/h7-24,27-38,52-59,61-62H,25-26,39-45H2,1-6H3/t52-,53-,54-,55-,56+,57+,58+,59+,61+,62-,64+,65+/m1/s1. The SMILES string of the molecule is CO[C@H]1O[C@H](CO[Si](c2ccccc2)(c2ccccc2)C(C)(C)C)[C@H]2O[C@@]3(OC)CCCC[C@]3(OC)O[C@@H]2[C@@H]1O[C@H]1O[C@H](COCc2ccccc2)[C@@H](OCc2ccccc2)[C@H](OC(=O)c2ccccc2)[C@@H]1OCc1ccccc1. The first-order chi connectivity index (χ1) is 39.0. The normalized spacial score (nSPS) is 28.8. The van der Waals surface area contributed by atoms with E-state index in [1.54, 1.807) is 45.6 Å². The average Bonchev–Trinajstić information content (AvgIpc) is 2.68. The van der Waals surface area contributed by atoms with Crippen LogP contribution >= 0.6 is 0 Å². The molecule has 0 amide bonds. The van der Waals surface area contributed by atoms with Gasteiger partial charge in [-0.15, -0.1) is 0 Å². The molecule has 3 aliphatic heterocycles. The quantitative estimate of drug-likeness (QED) is 0.0471. The average molecular weight is 1110 g/mol. The van der Waals surface area contributed by atoms with Gasteiger partial charge in [0.2, 0.25) is 11.6 Å². The van der Waals surface area contributed by atoms with Crippen LogP contribution in [0.3, 0.4) is 0 Å². The molecule has 6 aromatic rings. The Labute approximate surface area is 471 Å². The molecule has 4 fully saturated rings. The molecular formula is C65H76O14Si. The fourth-order valence-electron chi connectivity index (χ4n) is 12.0. The van der Waals surface area contributed by atoms with Crippen molar-refractivity contribution < 1.29 is 66.1 Å². The number of methoxy groups -OCH3 is 3. The molecule has 0 unspecified atom stereocenters. The molecule has 0 radical (unpaired) electrons. The van der Waals surface area contributed by atoms with E-state index >= 15 is 0 Å². The molecule has 0 N–H and O–H groups in total. The zero-order chi connectivity index (χ0) is 55.6. The summed E-state index contributed by atoms with van der Waals surface area (Å²) >= 11 is 0. The van der Waals surface area contributed by atoms with Crippen LogP contribution in [0.15, 0.2) is 182 Å². The Balaban J connectivity index is 1.06. The first kappa shape index (κ1) is 57.8. The van der Waals surface area contributed by atoms with E-state index in [4.69, 9.17) is 61.3 Å². The Morgan fingerprint density at radius 1 is 0.525 bits per heavy atom. The van der Waals surface area contributed by atoms with E-state index < -0.39 is 87.3 Å². The Morgan fingerprint density at radius 2 is 0.988 bits per heavy atom. The van der Waals surface area contributed by atoms with Gasteiger partial charge in [-0.3, -0.25) is 0 Å². The van der Waals surface area contributed by atoms with Crippen LogP contribution < -0.4 is 10.4 Å². The van der Waals surface area contributed by atoms with E-state index in [-0.39, 0.29) is 38.1 Å². The molecule has 80 heavy (non-hydrogen) atoms. The largest absolute Gasteiger partial charge is 0.453 e. The summed E-state index contributed by atoms with van der Waals surface area (Å²) in [7, 11) is 1.69. The van der Waals surface area contributed by atoms with Gasteiger partial charge in [-0.25, -0.2) is 4.79 Å². The first-order valence-electron chi connectivity index (χ1n) is 27.9. The Morgan fingerprint density at radius 3 is 1.49 bits per heavy atom. The second-order valence-electron chi connectivity index (χ2n) is 21.9. The number of hydrogen-bond acceptors (Lipinski definition) is 14. The Bertz CT molecular complexity index is 2790. The lowest BCUT2D eigenvalue weighted by molar-refractivity contribution is -0.501. The predicted octanol–water partition coefficient (Wildman–Crippen LogP) is 9.70. The lowest BCUT2D eigenvalue weighted by Gasteiger charge is -2.61. The highest BCUT2D eigenvalue weighted by Crippen LogP contribution is 2.52. The molecule has 4 aliphatic rings. The summed E-state index contributed by atoms with van der Waals surface area (Å²) in [4.78, 5) is 14.6. The molecule has 10 rings (SSSR count). The van der Waals surface area contributed by atoms with Crippen molar-refractivity contribution >= 4 is 24.7 Å². The number of hydrogen-bond donors (Lipinski definition) is 0. The number of carbonyl (C=O) groups is 1. The van der Waals surface area contributed by atoms with Crippen LogP contribution in [-0.2, 0) is 81.1 Å². The third kappa shape index (κ3) is 12.3. The molecule has 14 nitrogen and oxygen atoms in total. The topological polar surface area (TPSA) is 137 Å². The van der Waals surface area contributed by atoms with Crippen LogP contribution in [0.25, 0.3) is 0 Å². The third-order valence-corrected chi connectivity index (χ3v) is 21.0. The maximum atomic E-state index is 14.6. The summed E-state index contributed by atoms with van der Waals surface area (Å²) in [5.41, 5.74) is 3.08. The highest BCUT2D eigenvalue weighted by atomic mass is 28.4. The van der Waals surface area contributed by atoms with Gasteiger partial charge in [0.1, 0.15) is 42.7 Å². The van der Waals surface area contributed by atoms with Crippen molar-refractivity contribution in [2.24, 2.45) is 0 Å². The van der Waals surface area contributed by atoms with E-state index in [1.807, 2.05) is 109 Å². The summed E-state index contributed by atoms with van der Waals surface area (Å²) in [6, 6.07) is 59.2. The van der Waals surface area contributed by atoms with Crippen molar-refractivity contribution in [3.63, 3.8) is 0 Å². The predicted molar refractivity (Wildman–Crippen MR) is 302 cm³/mol. The van der Waals surface area contributed by atoms with E-state index in [1.165, 1.54) is 0 Å². The fourth-order valence-corrected chi connectivity index (χ4v) is 16.6. The van der Waals surface area contributed by atoms with Crippen LogP contribution in [-0.4, -0.2) is 122 Å². The minimum Gasteiger partial charge on any atom is -0.453 e. The van der Waals surface area contributed by atoms with Gasteiger partial charge < -0.3 is 61.3 Å². The Kier molecular flexibility index (Phi) is 18.9. The van der Waals surface area contributed by atoms with E-state index in [0.717, 1.165) is 39.9 Å². The van der Waals surface area contributed by atoms with Gasteiger partial charge in [0.05, 0.1) is 38.6 Å². The maximum Gasteiger partial charge on any atom is 0.338 e. The van der Waals surface area contributed by atoms with Crippen LogP contribution in [0.2, 0.25) is 5.04 Å². The smallest absolute Gasteiger partial charge is 0.338 e. The van der Waals surface area contributed by atoms with Gasteiger partial charge in [-0.05, 0) is 57.1 Å². The number of esters is 1.